The second-order valence-corrected chi connectivity index (χ2v) is 7.03. The van der Waals surface area contributed by atoms with E-state index in [1.54, 1.807) is 0 Å². The van der Waals surface area contributed by atoms with E-state index >= 15 is 0 Å². The number of aryl methyl sites for hydroxylation is 1. The lowest BCUT2D eigenvalue weighted by Crippen LogP contribution is -2.43. The molecule has 2 fully saturated rings. The molecule has 118 valence electrons. The summed E-state index contributed by atoms with van der Waals surface area (Å²) in [4.78, 5) is 0. The van der Waals surface area contributed by atoms with Crippen LogP contribution >= 0.6 is 0 Å². The van der Waals surface area contributed by atoms with Crippen LogP contribution < -0.4 is 5.32 Å². The molecule has 1 aromatic heterocycles. The van der Waals surface area contributed by atoms with E-state index < -0.39 is 0 Å². The Labute approximate surface area is 129 Å². The van der Waals surface area contributed by atoms with E-state index in [2.05, 4.69) is 16.6 Å². The molecule has 2 aliphatic rings. The van der Waals surface area contributed by atoms with E-state index in [0.29, 0.717) is 0 Å². The summed E-state index contributed by atoms with van der Waals surface area (Å²) in [6.07, 6.45) is 18.3. The summed E-state index contributed by atoms with van der Waals surface area (Å²) in [6, 6.07) is 2.80. The van der Waals surface area contributed by atoms with Gasteiger partial charge in [-0.05, 0) is 43.7 Å². The number of hydrogen-bond acceptors (Lipinski definition) is 2. The van der Waals surface area contributed by atoms with E-state index in [9.17, 15) is 0 Å². The zero-order chi connectivity index (χ0) is 14.3. The maximum atomic E-state index is 4.28. The number of nitrogens with zero attached hydrogens (tertiary/aromatic N) is 2. The minimum Gasteiger partial charge on any atom is -0.314 e. The molecule has 0 saturated heterocycles. The van der Waals surface area contributed by atoms with Gasteiger partial charge in [0.25, 0.3) is 0 Å². The molecule has 2 aliphatic carbocycles. The number of rotatable bonds is 6. The summed E-state index contributed by atoms with van der Waals surface area (Å²) in [5.41, 5.74) is 0. The van der Waals surface area contributed by atoms with Crippen molar-refractivity contribution in [3.63, 3.8) is 0 Å². The van der Waals surface area contributed by atoms with Crippen molar-refractivity contribution < 1.29 is 0 Å². The van der Waals surface area contributed by atoms with Gasteiger partial charge in [0.05, 0.1) is 0 Å². The highest BCUT2D eigenvalue weighted by atomic mass is 15.3. The molecule has 1 heterocycles. The fourth-order valence-corrected chi connectivity index (χ4v) is 4.50. The summed E-state index contributed by atoms with van der Waals surface area (Å²) < 4.78 is 2.04. The molecule has 0 spiro atoms. The third-order valence-corrected chi connectivity index (χ3v) is 5.60. The first-order valence-electron chi connectivity index (χ1n) is 9.14. The Hall–Kier alpha value is -0.830. The zero-order valence-electron chi connectivity index (χ0n) is 13.3. The Balaban J connectivity index is 1.43. The molecule has 3 heteroatoms. The molecule has 1 N–H and O–H groups in total. The van der Waals surface area contributed by atoms with E-state index in [1.165, 1.54) is 64.2 Å². The van der Waals surface area contributed by atoms with Crippen molar-refractivity contribution in [1.82, 2.24) is 15.1 Å². The topological polar surface area (TPSA) is 29.9 Å². The quantitative estimate of drug-likeness (QED) is 0.802. The van der Waals surface area contributed by atoms with E-state index in [1.807, 2.05) is 16.9 Å². The third kappa shape index (κ3) is 4.32. The molecule has 2 atom stereocenters. The van der Waals surface area contributed by atoms with Crippen LogP contribution in [-0.4, -0.2) is 22.4 Å². The van der Waals surface area contributed by atoms with Gasteiger partial charge >= 0.3 is 0 Å². The van der Waals surface area contributed by atoms with Gasteiger partial charge in [0.1, 0.15) is 0 Å². The highest BCUT2D eigenvalue weighted by Crippen LogP contribution is 2.38. The normalized spacial score (nSPS) is 27.8. The lowest BCUT2D eigenvalue weighted by atomic mass is 9.71. The van der Waals surface area contributed by atoms with Crippen LogP contribution in [0.1, 0.15) is 64.2 Å². The monoisotopic (exact) mass is 289 g/mol. The van der Waals surface area contributed by atoms with E-state index in [4.69, 9.17) is 0 Å². The molecule has 3 rings (SSSR count). The molecule has 21 heavy (non-hydrogen) atoms. The molecule has 1 aromatic rings. The molecular formula is C18H31N3. The second kappa shape index (κ2) is 7.98. The standard InChI is InChI=1S/C18H31N3/c1-2-8-16(9-3-1)17-10-4-5-11-18(17)19-12-6-14-21-15-7-13-20-21/h7,13,15-19H,1-6,8-12,14H2. The smallest absolute Gasteiger partial charge is 0.0489 e. The molecule has 2 unspecified atom stereocenters. The second-order valence-electron chi connectivity index (χ2n) is 7.03. The lowest BCUT2D eigenvalue weighted by molar-refractivity contribution is 0.150. The van der Waals surface area contributed by atoms with Crippen molar-refractivity contribution >= 4 is 0 Å². The average Bonchev–Trinajstić information content (AvgIpc) is 3.06. The summed E-state index contributed by atoms with van der Waals surface area (Å²) in [5.74, 6) is 1.98. The molecular weight excluding hydrogens is 258 g/mol. The Kier molecular flexibility index (Phi) is 5.73. The number of hydrogen-bond donors (Lipinski definition) is 1. The predicted octanol–water partition coefficient (Wildman–Crippen LogP) is 4.00. The molecule has 0 amide bonds. The van der Waals surface area contributed by atoms with Gasteiger partial charge in [0.15, 0.2) is 0 Å². The van der Waals surface area contributed by atoms with Gasteiger partial charge in [-0.15, -0.1) is 0 Å². The minimum absolute atomic E-state index is 0.791. The number of nitrogens with one attached hydrogen (secondary N) is 1. The van der Waals surface area contributed by atoms with Gasteiger partial charge in [0, 0.05) is 25.0 Å². The molecule has 0 aromatic carbocycles. The van der Waals surface area contributed by atoms with E-state index in [0.717, 1.165) is 31.0 Å². The molecule has 3 nitrogen and oxygen atoms in total. The van der Waals surface area contributed by atoms with Gasteiger partial charge < -0.3 is 5.32 Å². The molecule has 0 bridgehead atoms. The summed E-state index contributed by atoms with van der Waals surface area (Å²) >= 11 is 0. The van der Waals surface area contributed by atoms with E-state index in [-0.39, 0.29) is 0 Å². The predicted molar refractivity (Wildman–Crippen MR) is 87.2 cm³/mol. The minimum atomic E-state index is 0.791. The Morgan fingerprint density at radius 2 is 1.81 bits per heavy atom. The van der Waals surface area contributed by atoms with Crippen molar-refractivity contribution in [3.8, 4) is 0 Å². The van der Waals surface area contributed by atoms with Crippen molar-refractivity contribution in [2.24, 2.45) is 11.8 Å². The largest absolute Gasteiger partial charge is 0.314 e. The first-order chi connectivity index (χ1) is 10.4. The summed E-state index contributed by atoms with van der Waals surface area (Å²) in [6.45, 7) is 2.19. The maximum Gasteiger partial charge on any atom is 0.0489 e. The molecule has 0 aliphatic heterocycles. The molecule has 0 radical (unpaired) electrons. The van der Waals surface area contributed by atoms with Gasteiger partial charge in [0.2, 0.25) is 0 Å². The van der Waals surface area contributed by atoms with Crippen LogP contribution in [-0.2, 0) is 6.54 Å². The zero-order valence-corrected chi connectivity index (χ0v) is 13.3. The van der Waals surface area contributed by atoms with Crippen molar-refractivity contribution in [2.75, 3.05) is 6.54 Å². The van der Waals surface area contributed by atoms with Crippen molar-refractivity contribution in [1.29, 1.82) is 0 Å². The third-order valence-electron chi connectivity index (χ3n) is 5.60. The highest BCUT2D eigenvalue weighted by molar-refractivity contribution is 4.87. The van der Waals surface area contributed by atoms with Crippen LogP contribution in [0.4, 0.5) is 0 Å². The van der Waals surface area contributed by atoms with Gasteiger partial charge in [-0.25, -0.2) is 0 Å². The SMILES string of the molecule is c1cnn(CCCNC2CCCCC2C2CCCCC2)c1. The lowest BCUT2D eigenvalue weighted by Gasteiger charge is -2.39. The van der Waals surface area contributed by atoms with Gasteiger partial charge in [-0.2, -0.15) is 5.10 Å². The Morgan fingerprint density at radius 3 is 2.62 bits per heavy atom. The first kappa shape index (κ1) is 15.1. The first-order valence-corrected chi connectivity index (χ1v) is 9.14. The van der Waals surface area contributed by atoms with Gasteiger partial charge in [-0.3, -0.25) is 4.68 Å². The van der Waals surface area contributed by atoms with Crippen LogP contribution in [0.15, 0.2) is 18.5 Å². The van der Waals surface area contributed by atoms with Crippen LogP contribution in [0.2, 0.25) is 0 Å². The summed E-state index contributed by atoms with van der Waals surface area (Å²) in [5, 5.41) is 8.17. The van der Waals surface area contributed by atoms with Crippen LogP contribution in [0.5, 0.6) is 0 Å². The maximum absolute atomic E-state index is 4.28. The highest BCUT2D eigenvalue weighted by Gasteiger charge is 2.31. The average molecular weight is 289 g/mol. The fraction of sp³-hybridized carbons (Fsp3) is 0.833. The summed E-state index contributed by atoms with van der Waals surface area (Å²) in [7, 11) is 0. The fourth-order valence-electron chi connectivity index (χ4n) is 4.50. The van der Waals surface area contributed by atoms with Crippen LogP contribution in [0, 0.1) is 11.8 Å². The number of aromatic nitrogens is 2. The van der Waals surface area contributed by atoms with Gasteiger partial charge in [-0.1, -0.05) is 44.9 Å². The Bertz CT molecular complexity index is 381. The molecule has 2 saturated carbocycles. The van der Waals surface area contributed by atoms with Crippen LogP contribution in [0.3, 0.4) is 0 Å². The van der Waals surface area contributed by atoms with Crippen LogP contribution in [0.25, 0.3) is 0 Å². The Morgan fingerprint density at radius 1 is 1.00 bits per heavy atom. The van der Waals surface area contributed by atoms with Crippen molar-refractivity contribution in [2.45, 2.75) is 76.8 Å². The van der Waals surface area contributed by atoms with Crippen molar-refractivity contribution in [3.05, 3.63) is 18.5 Å².